The Morgan fingerprint density at radius 3 is 2.05 bits per heavy atom. The summed E-state index contributed by atoms with van der Waals surface area (Å²) in [5, 5.41) is 14.2. The van der Waals surface area contributed by atoms with Crippen LogP contribution in [0, 0.1) is 0 Å². The lowest BCUT2D eigenvalue weighted by molar-refractivity contribution is -0.193. The Morgan fingerprint density at radius 1 is 0.927 bits per heavy atom. The van der Waals surface area contributed by atoms with E-state index in [1.807, 2.05) is 17.0 Å². The Bertz CT molecular complexity index is 1110. The van der Waals surface area contributed by atoms with Crippen molar-refractivity contribution in [3.8, 4) is 5.88 Å². The SMILES string of the molecule is O=C(O)C(F)(F)F.O=C(O)C(F)(F)F.O=C(c1cc[nH]c1)N1CCc2ccc(OCCN3CCOCC3)nc2CC1. The van der Waals surface area contributed by atoms with Crippen molar-refractivity contribution >= 4 is 17.8 Å². The fourth-order valence-corrected chi connectivity index (χ4v) is 3.59. The summed E-state index contributed by atoms with van der Waals surface area (Å²) >= 11 is 0. The van der Waals surface area contributed by atoms with Crippen LogP contribution in [0.25, 0.3) is 0 Å². The standard InChI is InChI=1S/C20H26N4O3.2C2HF3O2/c25-20(17-3-6-21-15-17)24-7-4-16-1-2-19(22-18(16)5-8-24)27-14-11-23-9-12-26-13-10-23;2*3-2(4,5)1(6)7/h1-3,6,15,21H,4-5,7-14H2;2*(H,6,7). The van der Waals surface area contributed by atoms with Gasteiger partial charge in [-0.15, -0.1) is 0 Å². The van der Waals surface area contributed by atoms with Gasteiger partial charge in [-0.05, 0) is 18.1 Å². The minimum atomic E-state index is -5.08. The van der Waals surface area contributed by atoms with Gasteiger partial charge in [0, 0.05) is 63.3 Å². The predicted molar refractivity (Wildman–Crippen MR) is 128 cm³/mol. The van der Waals surface area contributed by atoms with Crippen LogP contribution in [-0.4, -0.2) is 113 Å². The lowest BCUT2D eigenvalue weighted by Crippen LogP contribution is -2.38. The van der Waals surface area contributed by atoms with Gasteiger partial charge in [-0.3, -0.25) is 9.69 Å². The fraction of sp³-hybridized carbons (Fsp3) is 0.500. The summed E-state index contributed by atoms with van der Waals surface area (Å²) in [4.78, 5) is 42.3. The number of H-pyrrole nitrogens is 1. The topological polar surface area (TPSA) is 145 Å². The van der Waals surface area contributed by atoms with Gasteiger partial charge < -0.3 is 29.6 Å². The highest BCUT2D eigenvalue weighted by Crippen LogP contribution is 2.19. The average Bonchev–Trinajstić information content (AvgIpc) is 3.36. The summed E-state index contributed by atoms with van der Waals surface area (Å²) in [5.41, 5.74) is 2.96. The van der Waals surface area contributed by atoms with Gasteiger partial charge in [0.1, 0.15) is 6.61 Å². The van der Waals surface area contributed by atoms with Crippen molar-refractivity contribution in [2.75, 3.05) is 52.5 Å². The molecule has 1 fully saturated rings. The molecule has 0 aliphatic carbocycles. The maximum Gasteiger partial charge on any atom is 0.490 e. The maximum absolute atomic E-state index is 12.6. The smallest absolute Gasteiger partial charge is 0.476 e. The number of ether oxygens (including phenoxy) is 2. The van der Waals surface area contributed by atoms with Crippen molar-refractivity contribution < 1.29 is 60.4 Å². The molecule has 0 spiro atoms. The molecule has 228 valence electrons. The van der Waals surface area contributed by atoms with Gasteiger partial charge >= 0.3 is 24.3 Å². The second-order valence-corrected chi connectivity index (χ2v) is 8.56. The fourth-order valence-electron chi connectivity index (χ4n) is 3.59. The molecule has 4 heterocycles. The van der Waals surface area contributed by atoms with Crippen molar-refractivity contribution in [2.24, 2.45) is 0 Å². The minimum Gasteiger partial charge on any atom is -0.476 e. The number of nitrogens with one attached hydrogen (secondary N) is 1. The number of pyridine rings is 1. The zero-order chi connectivity index (χ0) is 30.6. The molecule has 2 aliphatic rings. The second kappa shape index (κ2) is 15.2. The van der Waals surface area contributed by atoms with Gasteiger partial charge in [0.2, 0.25) is 5.88 Å². The van der Waals surface area contributed by atoms with E-state index in [1.54, 1.807) is 12.4 Å². The summed E-state index contributed by atoms with van der Waals surface area (Å²) in [6.45, 7) is 6.45. The second-order valence-electron chi connectivity index (χ2n) is 8.56. The number of aromatic amines is 1. The van der Waals surface area contributed by atoms with Crippen LogP contribution >= 0.6 is 0 Å². The number of rotatable bonds is 5. The lowest BCUT2D eigenvalue weighted by Gasteiger charge is -2.26. The molecule has 0 atom stereocenters. The molecule has 0 bridgehead atoms. The van der Waals surface area contributed by atoms with Crippen LogP contribution in [0.3, 0.4) is 0 Å². The van der Waals surface area contributed by atoms with Crippen molar-refractivity contribution in [2.45, 2.75) is 25.2 Å². The van der Waals surface area contributed by atoms with E-state index in [9.17, 15) is 31.1 Å². The number of carboxylic acid groups (broad SMARTS) is 2. The Hall–Kier alpha value is -3.86. The number of hydrogen-bond donors (Lipinski definition) is 3. The lowest BCUT2D eigenvalue weighted by atomic mass is 10.1. The van der Waals surface area contributed by atoms with E-state index < -0.39 is 24.3 Å². The quantitative estimate of drug-likeness (QED) is 0.443. The normalized spacial score (nSPS) is 15.7. The van der Waals surface area contributed by atoms with Crippen LogP contribution in [0.1, 0.15) is 21.6 Å². The average molecular weight is 598 g/mol. The number of alkyl halides is 6. The van der Waals surface area contributed by atoms with Gasteiger partial charge in [0.15, 0.2) is 0 Å². The molecule has 4 rings (SSSR count). The summed E-state index contributed by atoms with van der Waals surface area (Å²) in [5.74, 6) is -4.77. The molecule has 2 aromatic rings. The monoisotopic (exact) mass is 598 g/mol. The van der Waals surface area contributed by atoms with E-state index in [2.05, 4.69) is 16.0 Å². The molecule has 0 saturated carbocycles. The van der Waals surface area contributed by atoms with Crippen molar-refractivity contribution in [3.63, 3.8) is 0 Å². The molecule has 2 aliphatic heterocycles. The summed E-state index contributed by atoms with van der Waals surface area (Å²) < 4.78 is 74.7. The number of morpholine rings is 1. The van der Waals surface area contributed by atoms with E-state index in [0.717, 1.165) is 57.9 Å². The molecule has 11 nitrogen and oxygen atoms in total. The van der Waals surface area contributed by atoms with Crippen molar-refractivity contribution in [1.29, 1.82) is 0 Å². The van der Waals surface area contributed by atoms with E-state index in [1.165, 1.54) is 5.56 Å². The maximum atomic E-state index is 12.6. The van der Waals surface area contributed by atoms with Gasteiger partial charge in [-0.25, -0.2) is 14.6 Å². The van der Waals surface area contributed by atoms with Crippen LogP contribution in [0.4, 0.5) is 26.3 Å². The number of amides is 1. The molecule has 2 aromatic heterocycles. The number of carboxylic acids is 2. The molecule has 1 saturated heterocycles. The van der Waals surface area contributed by atoms with E-state index >= 15 is 0 Å². The third-order valence-corrected chi connectivity index (χ3v) is 5.69. The Morgan fingerprint density at radius 2 is 1.51 bits per heavy atom. The van der Waals surface area contributed by atoms with Crippen LogP contribution in [0.5, 0.6) is 5.88 Å². The number of halogens is 6. The number of hydrogen-bond acceptors (Lipinski definition) is 7. The number of aliphatic carboxylic acids is 2. The van der Waals surface area contributed by atoms with E-state index in [-0.39, 0.29) is 5.91 Å². The number of carbonyl (C=O) groups excluding carboxylic acids is 1. The minimum absolute atomic E-state index is 0.0750. The first kappa shape index (κ1) is 33.3. The Balaban J connectivity index is 0.000000349. The van der Waals surface area contributed by atoms with Gasteiger partial charge in [0.25, 0.3) is 5.91 Å². The Labute approximate surface area is 229 Å². The van der Waals surface area contributed by atoms with Crippen molar-refractivity contribution in [3.05, 3.63) is 47.4 Å². The first-order valence-corrected chi connectivity index (χ1v) is 12.1. The third kappa shape index (κ3) is 11.6. The highest BCUT2D eigenvalue weighted by molar-refractivity contribution is 5.94. The van der Waals surface area contributed by atoms with Crippen LogP contribution in [0.15, 0.2) is 30.6 Å². The Kier molecular flexibility index (Phi) is 12.4. The number of nitrogens with zero attached hydrogens (tertiary/aromatic N) is 3. The molecule has 0 radical (unpaired) electrons. The zero-order valence-electron chi connectivity index (χ0n) is 21.5. The summed E-state index contributed by atoms with van der Waals surface area (Å²) in [6.07, 6.45) is -5.06. The number of carbonyl (C=O) groups is 3. The van der Waals surface area contributed by atoms with Crippen molar-refractivity contribution in [1.82, 2.24) is 19.8 Å². The summed E-state index contributed by atoms with van der Waals surface area (Å²) in [7, 11) is 0. The molecule has 0 unspecified atom stereocenters. The molecule has 17 heteroatoms. The molecule has 3 N–H and O–H groups in total. The van der Waals surface area contributed by atoms with Crippen LogP contribution < -0.4 is 4.74 Å². The molecular weight excluding hydrogens is 570 g/mol. The largest absolute Gasteiger partial charge is 0.490 e. The van der Waals surface area contributed by atoms with Crippen LogP contribution in [0.2, 0.25) is 0 Å². The van der Waals surface area contributed by atoms with Gasteiger partial charge in [-0.1, -0.05) is 6.07 Å². The molecule has 1 amide bonds. The first-order chi connectivity index (χ1) is 19.2. The van der Waals surface area contributed by atoms with E-state index in [4.69, 9.17) is 34.3 Å². The zero-order valence-corrected chi connectivity index (χ0v) is 21.5. The predicted octanol–water partition coefficient (Wildman–Crippen LogP) is 2.63. The van der Waals surface area contributed by atoms with Crippen LogP contribution in [-0.2, 0) is 27.2 Å². The highest BCUT2D eigenvalue weighted by Gasteiger charge is 2.38. The number of fused-ring (bicyclic) bond motifs is 1. The van der Waals surface area contributed by atoms with Gasteiger partial charge in [-0.2, -0.15) is 26.3 Å². The van der Waals surface area contributed by atoms with Gasteiger partial charge in [0.05, 0.1) is 18.8 Å². The molecule has 0 aromatic carbocycles. The molecular formula is C24H28F6N4O7. The third-order valence-electron chi connectivity index (χ3n) is 5.69. The highest BCUT2D eigenvalue weighted by atomic mass is 19.4. The number of aromatic nitrogens is 2. The first-order valence-electron chi connectivity index (χ1n) is 12.1. The molecule has 41 heavy (non-hydrogen) atoms. The summed E-state index contributed by atoms with van der Waals surface area (Å²) in [6, 6.07) is 5.86. The van der Waals surface area contributed by atoms with E-state index in [0.29, 0.717) is 24.6 Å².